The smallest absolute Gasteiger partial charge is 0.222 e. The Labute approximate surface area is 80.1 Å². The maximum Gasteiger partial charge on any atom is 0.222 e. The Morgan fingerprint density at radius 1 is 1.54 bits per heavy atom. The molecule has 1 amide bonds. The zero-order valence-corrected chi connectivity index (χ0v) is 8.55. The molecule has 3 N–H and O–H groups in total. The lowest BCUT2D eigenvalue weighted by Crippen LogP contribution is -2.36. The fraction of sp³-hybridized carbons (Fsp3) is 0.900. The van der Waals surface area contributed by atoms with E-state index >= 15 is 0 Å². The first-order chi connectivity index (χ1) is 6.13. The third-order valence-corrected chi connectivity index (χ3v) is 2.75. The van der Waals surface area contributed by atoms with E-state index in [2.05, 4.69) is 5.32 Å². The van der Waals surface area contributed by atoms with Crippen molar-refractivity contribution in [2.75, 3.05) is 6.54 Å². The molecule has 0 aliphatic heterocycles. The molecule has 1 aliphatic rings. The van der Waals surface area contributed by atoms with Crippen molar-refractivity contribution in [1.29, 1.82) is 0 Å². The summed E-state index contributed by atoms with van der Waals surface area (Å²) in [6, 6.07) is 0.378. The number of hydrogen-bond donors (Lipinski definition) is 2. The summed E-state index contributed by atoms with van der Waals surface area (Å²) in [4.78, 5) is 11.4. The van der Waals surface area contributed by atoms with Crippen LogP contribution in [0.25, 0.3) is 0 Å². The summed E-state index contributed by atoms with van der Waals surface area (Å²) in [5.74, 6) is 0.886. The summed E-state index contributed by atoms with van der Waals surface area (Å²) in [6.45, 7) is 4.60. The fourth-order valence-electron chi connectivity index (χ4n) is 1.79. The Kier molecular flexibility index (Phi) is 3.72. The molecule has 0 bridgehead atoms. The van der Waals surface area contributed by atoms with Gasteiger partial charge in [-0.05, 0) is 31.7 Å². The van der Waals surface area contributed by atoms with Gasteiger partial charge in [0.2, 0.25) is 5.91 Å². The summed E-state index contributed by atoms with van der Waals surface area (Å²) < 4.78 is 0. The van der Waals surface area contributed by atoms with Crippen LogP contribution >= 0.6 is 0 Å². The Hall–Kier alpha value is -0.570. The van der Waals surface area contributed by atoms with Crippen molar-refractivity contribution >= 4 is 5.91 Å². The average Bonchev–Trinajstić information content (AvgIpc) is 2.52. The second-order valence-corrected chi connectivity index (χ2v) is 4.27. The highest BCUT2D eigenvalue weighted by Gasteiger charge is 2.25. The predicted molar refractivity (Wildman–Crippen MR) is 53.2 cm³/mol. The minimum atomic E-state index is 0.0944. The molecular formula is C10H20N2O. The maximum atomic E-state index is 11.4. The van der Waals surface area contributed by atoms with Gasteiger partial charge in [0.25, 0.3) is 0 Å². The number of rotatable bonds is 3. The van der Waals surface area contributed by atoms with E-state index in [0.29, 0.717) is 12.0 Å². The van der Waals surface area contributed by atoms with E-state index in [1.54, 1.807) is 0 Å². The number of nitrogens with two attached hydrogens (primary N) is 1. The van der Waals surface area contributed by atoms with Crippen molar-refractivity contribution in [3.63, 3.8) is 0 Å². The van der Waals surface area contributed by atoms with Gasteiger partial charge in [0.1, 0.15) is 0 Å². The molecule has 1 saturated carbocycles. The minimum Gasteiger partial charge on any atom is -0.353 e. The zero-order chi connectivity index (χ0) is 9.84. The van der Waals surface area contributed by atoms with Crippen LogP contribution in [0.5, 0.6) is 0 Å². The van der Waals surface area contributed by atoms with E-state index < -0.39 is 0 Å². The minimum absolute atomic E-state index is 0.0944. The Balaban J connectivity index is 2.28. The molecule has 0 aromatic heterocycles. The Morgan fingerprint density at radius 3 is 2.69 bits per heavy atom. The molecule has 3 heteroatoms. The Morgan fingerprint density at radius 2 is 2.23 bits per heavy atom. The van der Waals surface area contributed by atoms with E-state index in [1.165, 1.54) is 6.42 Å². The van der Waals surface area contributed by atoms with Gasteiger partial charge in [0.15, 0.2) is 0 Å². The van der Waals surface area contributed by atoms with Crippen LogP contribution < -0.4 is 11.1 Å². The molecule has 1 rings (SSSR count). The van der Waals surface area contributed by atoms with Crippen LogP contribution in [0.2, 0.25) is 0 Å². The highest BCUT2D eigenvalue weighted by Crippen LogP contribution is 2.24. The van der Waals surface area contributed by atoms with Gasteiger partial charge in [-0.3, -0.25) is 4.79 Å². The largest absolute Gasteiger partial charge is 0.353 e. The summed E-state index contributed by atoms with van der Waals surface area (Å²) in [5.41, 5.74) is 5.57. The quantitative estimate of drug-likeness (QED) is 0.684. The van der Waals surface area contributed by atoms with Crippen molar-refractivity contribution in [3.8, 4) is 0 Å². The van der Waals surface area contributed by atoms with Crippen LogP contribution in [-0.4, -0.2) is 18.5 Å². The van der Waals surface area contributed by atoms with E-state index in [9.17, 15) is 4.79 Å². The van der Waals surface area contributed by atoms with Crippen LogP contribution in [0.15, 0.2) is 0 Å². The summed E-state index contributed by atoms with van der Waals surface area (Å²) in [6.07, 6.45) is 3.33. The van der Waals surface area contributed by atoms with Gasteiger partial charge >= 0.3 is 0 Å². The standard InChI is InChI=1S/C10H20N2O/c1-7(2)10(13)12-9-4-3-8(5-9)6-11/h7-9H,3-6,11H2,1-2H3,(H,12,13). The van der Waals surface area contributed by atoms with Gasteiger partial charge in [-0.2, -0.15) is 0 Å². The zero-order valence-electron chi connectivity index (χ0n) is 8.55. The van der Waals surface area contributed by atoms with E-state index in [0.717, 1.165) is 19.4 Å². The third kappa shape index (κ3) is 2.99. The molecular weight excluding hydrogens is 164 g/mol. The molecule has 3 nitrogen and oxygen atoms in total. The molecule has 0 aromatic carbocycles. The first-order valence-corrected chi connectivity index (χ1v) is 5.14. The average molecular weight is 184 g/mol. The lowest BCUT2D eigenvalue weighted by atomic mass is 10.1. The predicted octanol–water partition coefficient (Wildman–Crippen LogP) is 0.886. The number of carbonyl (C=O) groups is 1. The van der Waals surface area contributed by atoms with Gasteiger partial charge in [-0.15, -0.1) is 0 Å². The molecule has 2 atom stereocenters. The van der Waals surface area contributed by atoms with Gasteiger partial charge < -0.3 is 11.1 Å². The van der Waals surface area contributed by atoms with Crippen molar-refractivity contribution in [2.24, 2.45) is 17.6 Å². The normalized spacial score (nSPS) is 28.0. The molecule has 0 radical (unpaired) electrons. The van der Waals surface area contributed by atoms with Crippen LogP contribution in [0, 0.1) is 11.8 Å². The Bertz CT molecular complexity index is 180. The van der Waals surface area contributed by atoms with Crippen molar-refractivity contribution < 1.29 is 4.79 Å². The SMILES string of the molecule is CC(C)C(=O)NC1CCC(CN)C1. The number of hydrogen-bond acceptors (Lipinski definition) is 2. The topological polar surface area (TPSA) is 55.1 Å². The van der Waals surface area contributed by atoms with Crippen molar-refractivity contribution in [1.82, 2.24) is 5.32 Å². The lowest BCUT2D eigenvalue weighted by Gasteiger charge is -2.14. The van der Waals surface area contributed by atoms with Gasteiger partial charge in [-0.1, -0.05) is 13.8 Å². The van der Waals surface area contributed by atoms with Gasteiger partial charge in [0.05, 0.1) is 0 Å². The van der Waals surface area contributed by atoms with E-state index in [4.69, 9.17) is 5.73 Å². The molecule has 0 aromatic rings. The molecule has 0 heterocycles. The number of carbonyl (C=O) groups excluding carboxylic acids is 1. The van der Waals surface area contributed by atoms with E-state index in [1.807, 2.05) is 13.8 Å². The maximum absolute atomic E-state index is 11.4. The van der Waals surface area contributed by atoms with Gasteiger partial charge in [-0.25, -0.2) is 0 Å². The monoisotopic (exact) mass is 184 g/mol. The second kappa shape index (κ2) is 4.61. The van der Waals surface area contributed by atoms with Crippen LogP contribution in [0.3, 0.4) is 0 Å². The number of amides is 1. The second-order valence-electron chi connectivity index (χ2n) is 4.27. The first kappa shape index (κ1) is 10.5. The molecule has 2 unspecified atom stereocenters. The molecule has 0 saturated heterocycles. The van der Waals surface area contributed by atoms with Crippen molar-refractivity contribution in [3.05, 3.63) is 0 Å². The summed E-state index contributed by atoms with van der Waals surface area (Å²) in [5, 5.41) is 3.05. The van der Waals surface area contributed by atoms with Crippen molar-refractivity contribution in [2.45, 2.75) is 39.2 Å². The van der Waals surface area contributed by atoms with E-state index in [-0.39, 0.29) is 11.8 Å². The summed E-state index contributed by atoms with van der Waals surface area (Å²) in [7, 11) is 0. The highest BCUT2D eigenvalue weighted by atomic mass is 16.1. The van der Waals surface area contributed by atoms with Gasteiger partial charge in [0, 0.05) is 12.0 Å². The highest BCUT2D eigenvalue weighted by molar-refractivity contribution is 5.78. The lowest BCUT2D eigenvalue weighted by molar-refractivity contribution is -0.124. The van der Waals surface area contributed by atoms with Crippen LogP contribution in [-0.2, 0) is 4.79 Å². The third-order valence-electron chi connectivity index (χ3n) is 2.75. The van der Waals surface area contributed by atoms with Crippen LogP contribution in [0.1, 0.15) is 33.1 Å². The van der Waals surface area contributed by atoms with Crippen LogP contribution in [0.4, 0.5) is 0 Å². The number of nitrogens with one attached hydrogen (secondary N) is 1. The molecule has 1 fully saturated rings. The molecule has 1 aliphatic carbocycles. The molecule has 13 heavy (non-hydrogen) atoms. The summed E-state index contributed by atoms with van der Waals surface area (Å²) >= 11 is 0. The molecule has 76 valence electrons. The molecule has 0 spiro atoms. The first-order valence-electron chi connectivity index (χ1n) is 5.14. The fourth-order valence-corrected chi connectivity index (χ4v) is 1.79.